The number of allylic oxidation sites excluding steroid dienone is 1. The predicted octanol–water partition coefficient (Wildman–Crippen LogP) is 3.68. The Labute approximate surface area is 124 Å². The van der Waals surface area contributed by atoms with Gasteiger partial charge in [-0.15, -0.1) is 0 Å². The second-order valence-corrected chi connectivity index (χ2v) is 4.76. The molecule has 0 amide bonds. The molecule has 0 bridgehead atoms. The van der Waals surface area contributed by atoms with Gasteiger partial charge in [0, 0.05) is 12.0 Å². The molecule has 6 heteroatoms. The van der Waals surface area contributed by atoms with Crippen molar-refractivity contribution in [2.24, 2.45) is 0 Å². The van der Waals surface area contributed by atoms with Crippen LogP contribution in [-0.4, -0.2) is 16.8 Å². The Hall–Kier alpha value is -2.76. The Balaban J connectivity index is 1.79. The molecule has 0 aliphatic carbocycles. The summed E-state index contributed by atoms with van der Waals surface area (Å²) in [5.41, 5.74) is 1.51. The molecule has 22 heavy (non-hydrogen) atoms. The van der Waals surface area contributed by atoms with Gasteiger partial charge >= 0.3 is 6.61 Å². The summed E-state index contributed by atoms with van der Waals surface area (Å²) in [4.78, 5) is 0. The lowest BCUT2D eigenvalue weighted by molar-refractivity contribution is -0.0498. The van der Waals surface area contributed by atoms with Crippen molar-refractivity contribution >= 4 is 6.08 Å². The third kappa shape index (κ3) is 2.81. The molecule has 0 aromatic heterocycles. The fraction of sp³-hybridized carbons (Fsp3) is 0.125. The SMILES string of the molecule is Oc1ccc2c(c1O)OC(=Cc1ccc(OC(F)F)cc1)C2. The third-order valence-corrected chi connectivity index (χ3v) is 3.22. The van der Waals surface area contributed by atoms with Crippen molar-refractivity contribution in [1.29, 1.82) is 0 Å². The van der Waals surface area contributed by atoms with Crippen LogP contribution < -0.4 is 9.47 Å². The fourth-order valence-electron chi connectivity index (χ4n) is 2.22. The van der Waals surface area contributed by atoms with Gasteiger partial charge in [0.05, 0.1) is 0 Å². The van der Waals surface area contributed by atoms with Gasteiger partial charge in [-0.2, -0.15) is 8.78 Å². The average Bonchev–Trinajstić information content (AvgIpc) is 2.88. The van der Waals surface area contributed by atoms with Gasteiger partial charge < -0.3 is 19.7 Å². The standard InChI is InChI=1S/C16H12F2O4/c17-16(18)22-11-4-1-9(2-5-11)7-12-8-10-3-6-13(19)14(20)15(10)21-12/h1-7,16,19-20H,8H2. The summed E-state index contributed by atoms with van der Waals surface area (Å²) >= 11 is 0. The molecule has 2 aromatic carbocycles. The Bertz CT molecular complexity index is 724. The first kappa shape index (κ1) is 14.2. The Morgan fingerprint density at radius 3 is 2.50 bits per heavy atom. The number of alkyl halides is 2. The molecule has 0 unspecified atom stereocenters. The Morgan fingerprint density at radius 1 is 1.09 bits per heavy atom. The van der Waals surface area contributed by atoms with Gasteiger partial charge in [0.2, 0.25) is 5.75 Å². The van der Waals surface area contributed by atoms with Crippen LogP contribution in [-0.2, 0) is 6.42 Å². The molecule has 0 atom stereocenters. The van der Waals surface area contributed by atoms with Crippen LogP contribution in [0.3, 0.4) is 0 Å². The highest BCUT2D eigenvalue weighted by Crippen LogP contribution is 2.44. The molecule has 2 N–H and O–H groups in total. The highest BCUT2D eigenvalue weighted by Gasteiger charge is 2.22. The lowest BCUT2D eigenvalue weighted by Crippen LogP contribution is -2.01. The van der Waals surface area contributed by atoms with E-state index < -0.39 is 6.61 Å². The molecule has 0 radical (unpaired) electrons. The van der Waals surface area contributed by atoms with Gasteiger partial charge in [-0.1, -0.05) is 18.2 Å². The molecule has 0 saturated heterocycles. The highest BCUT2D eigenvalue weighted by molar-refractivity contribution is 5.62. The minimum Gasteiger partial charge on any atom is -0.504 e. The number of fused-ring (bicyclic) bond motifs is 1. The first-order chi connectivity index (χ1) is 10.5. The van der Waals surface area contributed by atoms with E-state index in [1.54, 1.807) is 24.3 Å². The molecule has 0 saturated carbocycles. The zero-order valence-electron chi connectivity index (χ0n) is 11.3. The number of benzene rings is 2. The van der Waals surface area contributed by atoms with E-state index in [2.05, 4.69) is 4.74 Å². The zero-order valence-corrected chi connectivity index (χ0v) is 11.3. The van der Waals surface area contributed by atoms with Gasteiger partial charge in [0.25, 0.3) is 0 Å². The van der Waals surface area contributed by atoms with Crippen LogP contribution in [0.15, 0.2) is 42.2 Å². The largest absolute Gasteiger partial charge is 0.504 e. The van der Waals surface area contributed by atoms with E-state index in [-0.39, 0.29) is 23.0 Å². The Morgan fingerprint density at radius 2 is 1.82 bits per heavy atom. The lowest BCUT2D eigenvalue weighted by atomic mass is 10.1. The van der Waals surface area contributed by atoms with Crippen molar-refractivity contribution in [3.05, 3.63) is 53.3 Å². The molecule has 2 aromatic rings. The number of phenols is 2. The van der Waals surface area contributed by atoms with E-state index >= 15 is 0 Å². The molecule has 3 rings (SSSR count). The van der Waals surface area contributed by atoms with Crippen molar-refractivity contribution in [1.82, 2.24) is 0 Å². The van der Waals surface area contributed by atoms with E-state index in [9.17, 15) is 19.0 Å². The minimum absolute atomic E-state index is 0.0790. The smallest absolute Gasteiger partial charge is 0.387 e. The number of phenolic OH excluding ortho intramolecular Hbond substituents is 2. The summed E-state index contributed by atoms with van der Waals surface area (Å²) in [5.74, 6) is 0.368. The molecular formula is C16H12F2O4. The number of hydrogen-bond donors (Lipinski definition) is 2. The first-order valence-corrected chi connectivity index (χ1v) is 6.50. The maximum atomic E-state index is 12.1. The van der Waals surface area contributed by atoms with E-state index in [1.807, 2.05) is 0 Å². The molecule has 114 valence electrons. The second kappa shape index (κ2) is 5.55. The van der Waals surface area contributed by atoms with Crippen LogP contribution in [0, 0.1) is 0 Å². The summed E-state index contributed by atoms with van der Waals surface area (Å²) in [6.07, 6.45) is 2.20. The van der Waals surface area contributed by atoms with Gasteiger partial charge in [0.1, 0.15) is 11.5 Å². The van der Waals surface area contributed by atoms with Gasteiger partial charge in [-0.3, -0.25) is 0 Å². The Kier molecular flexibility index (Phi) is 3.58. The van der Waals surface area contributed by atoms with Crippen molar-refractivity contribution in [2.75, 3.05) is 0 Å². The summed E-state index contributed by atoms with van der Waals surface area (Å²) in [6, 6.07) is 9.18. The van der Waals surface area contributed by atoms with E-state index in [4.69, 9.17) is 4.74 Å². The van der Waals surface area contributed by atoms with E-state index in [0.717, 1.165) is 11.1 Å². The molecule has 0 fully saturated rings. The van der Waals surface area contributed by atoms with Crippen LogP contribution in [0.1, 0.15) is 11.1 Å². The van der Waals surface area contributed by atoms with Crippen LogP contribution >= 0.6 is 0 Å². The number of ether oxygens (including phenoxy) is 2. The monoisotopic (exact) mass is 306 g/mol. The quantitative estimate of drug-likeness (QED) is 0.849. The number of rotatable bonds is 3. The first-order valence-electron chi connectivity index (χ1n) is 6.50. The van der Waals surface area contributed by atoms with Crippen LogP contribution in [0.25, 0.3) is 6.08 Å². The van der Waals surface area contributed by atoms with Crippen molar-refractivity contribution in [2.45, 2.75) is 13.0 Å². The van der Waals surface area contributed by atoms with Gasteiger partial charge in [0.15, 0.2) is 11.5 Å². The summed E-state index contributed by atoms with van der Waals surface area (Å²) in [6.45, 7) is -2.85. The van der Waals surface area contributed by atoms with Crippen LogP contribution in [0.4, 0.5) is 8.78 Å². The average molecular weight is 306 g/mol. The van der Waals surface area contributed by atoms with E-state index in [0.29, 0.717) is 12.2 Å². The van der Waals surface area contributed by atoms with Crippen LogP contribution in [0.5, 0.6) is 23.0 Å². The van der Waals surface area contributed by atoms with Crippen molar-refractivity contribution in [3.8, 4) is 23.0 Å². The fourth-order valence-corrected chi connectivity index (χ4v) is 2.22. The topological polar surface area (TPSA) is 58.9 Å². The van der Waals surface area contributed by atoms with Crippen LogP contribution in [0.2, 0.25) is 0 Å². The molecule has 1 aliphatic heterocycles. The highest BCUT2D eigenvalue weighted by atomic mass is 19.3. The predicted molar refractivity (Wildman–Crippen MR) is 75.2 cm³/mol. The summed E-state index contributed by atoms with van der Waals surface area (Å²) in [7, 11) is 0. The molecule has 0 spiro atoms. The number of hydrogen-bond acceptors (Lipinski definition) is 4. The van der Waals surface area contributed by atoms with Gasteiger partial charge in [-0.25, -0.2) is 0 Å². The molecule has 1 heterocycles. The summed E-state index contributed by atoms with van der Waals surface area (Å²) < 4.78 is 33.9. The normalized spacial score (nSPS) is 15.0. The summed E-state index contributed by atoms with van der Waals surface area (Å²) in [5, 5.41) is 19.2. The second-order valence-electron chi connectivity index (χ2n) is 4.76. The zero-order chi connectivity index (χ0) is 15.7. The lowest BCUT2D eigenvalue weighted by Gasteiger charge is -2.05. The minimum atomic E-state index is -2.85. The van der Waals surface area contributed by atoms with Crippen molar-refractivity contribution in [3.63, 3.8) is 0 Å². The maximum absolute atomic E-state index is 12.1. The van der Waals surface area contributed by atoms with E-state index in [1.165, 1.54) is 18.2 Å². The molecule has 1 aliphatic rings. The molecular weight excluding hydrogens is 294 g/mol. The number of aromatic hydroxyl groups is 2. The third-order valence-electron chi connectivity index (χ3n) is 3.22. The molecule has 4 nitrogen and oxygen atoms in total. The van der Waals surface area contributed by atoms with Crippen molar-refractivity contribution < 1.29 is 28.5 Å². The number of halogens is 2. The maximum Gasteiger partial charge on any atom is 0.387 e. The van der Waals surface area contributed by atoms with Gasteiger partial charge in [-0.05, 0) is 29.8 Å².